The predicted molar refractivity (Wildman–Crippen MR) is 185 cm³/mol. The van der Waals surface area contributed by atoms with Crippen molar-refractivity contribution in [3.05, 3.63) is 64.7 Å². The first-order valence-electron chi connectivity index (χ1n) is 16.2. The second kappa shape index (κ2) is 15.3. The van der Waals surface area contributed by atoms with Crippen LogP contribution in [0.3, 0.4) is 0 Å². The molecule has 15 nitrogen and oxygen atoms in total. The zero-order valence-corrected chi connectivity index (χ0v) is 30.7. The summed E-state index contributed by atoms with van der Waals surface area (Å²) in [6.45, 7) is 16.9. The molecule has 0 radical (unpaired) electrons. The predicted octanol–water partition coefficient (Wildman–Crippen LogP) is 6.53. The zero-order chi connectivity index (χ0) is 37.1. The molecule has 5 amide bonds. The molecule has 0 aliphatic carbocycles. The van der Waals surface area contributed by atoms with Gasteiger partial charge in [-0.15, -0.1) is 4.41 Å². The van der Waals surface area contributed by atoms with Gasteiger partial charge in [-0.3, -0.25) is 4.79 Å². The molecule has 1 N–H and O–H groups in total. The monoisotopic (exact) mass is 712 g/mol. The van der Waals surface area contributed by atoms with Crippen LogP contribution < -0.4 is 10.3 Å². The number of para-hydroxylation sites is 1. The molecule has 1 unspecified atom stereocenters. The van der Waals surface area contributed by atoms with Crippen LogP contribution in [0.5, 0.6) is 0 Å². The lowest BCUT2D eigenvalue weighted by atomic mass is 10.0. The number of nitrogens with zero attached hydrogens (tertiary/aromatic N) is 5. The number of hydrogen-bond donors (Lipinski definition) is 1. The fraction of sp³-hybridized carbons (Fsp3) is 0.471. The second-order valence-electron chi connectivity index (χ2n) is 12.8. The average molecular weight is 713 g/mol. The van der Waals surface area contributed by atoms with Crippen molar-refractivity contribution in [3.63, 3.8) is 0 Å². The van der Waals surface area contributed by atoms with Crippen molar-refractivity contribution in [1.82, 2.24) is 19.9 Å². The van der Waals surface area contributed by atoms with E-state index < -0.39 is 65.5 Å². The molecular weight excluding hydrogens is 668 g/mol. The Hall–Kier alpha value is -4.99. The van der Waals surface area contributed by atoms with Crippen molar-refractivity contribution in [2.45, 2.75) is 106 Å². The molecule has 0 saturated carbocycles. The molecule has 2 aliphatic rings. The normalized spacial score (nSPS) is 16.7. The highest BCUT2D eigenvalue weighted by Gasteiger charge is 2.65. The Kier molecular flexibility index (Phi) is 11.6. The SMILES string of the molecule is Cc1cc(C)cc(CN2C(=O)C3(N=C(SN(NC(=O)OC(C)C)C(=O)OC(C)C)N(C(=O)OC(C)C)N3C(=O)OC(C)C)c3ccccc32)c1. The van der Waals surface area contributed by atoms with Gasteiger partial charge in [-0.2, -0.15) is 10.0 Å². The molecule has 2 aliphatic heterocycles. The van der Waals surface area contributed by atoms with Gasteiger partial charge in [0.1, 0.15) is 0 Å². The lowest BCUT2D eigenvalue weighted by Gasteiger charge is -2.35. The van der Waals surface area contributed by atoms with Crippen molar-refractivity contribution < 1.29 is 42.9 Å². The summed E-state index contributed by atoms with van der Waals surface area (Å²) in [5.74, 6) is -0.681. The molecule has 2 aromatic carbocycles. The number of anilines is 1. The van der Waals surface area contributed by atoms with Crippen molar-refractivity contribution in [2.75, 3.05) is 4.90 Å². The summed E-state index contributed by atoms with van der Waals surface area (Å²) in [5.41, 5.74) is 3.56. The van der Waals surface area contributed by atoms with Crippen molar-refractivity contribution >= 4 is 53.1 Å². The number of amidine groups is 1. The van der Waals surface area contributed by atoms with E-state index in [9.17, 15) is 24.0 Å². The molecule has 16 heteroatoms. The van der Waals surface area contributed by atoms with E-state index in [2.05, 4.69) is 5.43 Å². The number of carbonyl (C=O) groups is 5. The minimum Gasteiger partial charge on any atom is -0.446 e. The van der Waals surface area contributed by atoms with Gasteiger partial charge in [-0.25, -0.2) is 29.6 Å². The van der Waals surface area contributed by atoms with Crippen LogP contribution in [0.15, 0.2) is 47.5 Å². The summed E-state index contributed by atoms with van der Waals surface area (Å²) in [4.78, 5) is 75.3. The summed E-state index contributed by atoms with van der Waals surface area (Å²) in [6.07, 6.45) is -6.81. The molecule has 4 rings (SSSR count). The van der Waals surface area contributed by atoms with E-state index in [1.807, 2.05) is 32.0 Å². The van der Waals surface area contributed by atoms with Gasteiger partial charge in [0.25, 0.3) is 11.6 Å². The molecule has 0 fully saturated rings. The maximum absolute atomic E-state index is 14.9. The van der Waals surface area contributed by atoms with E-state index in [-0.39, 0.29) is 12.1 Å². The Bertz CT molecular complexity index is 1660. The number of aryl methyl sites for hydroxylation is 2. The van der Waals surface area contributed by atoms with Crippen LogP contribution in [-0.2, 0) is 35.9 Å². The highest BCUT2D eigenvalue weighted by molar-refractivity contribution is 8.12. The number of carbonyl (C=O) groups excluding carboxylic acids is 5. The van der Waals surface area contributed by atoms with E-state index in [0.29, 0.717) is 22.0 Å². The average Bonchev–Trinajstić information content (AvgIpc) is 3.43. The van der Waals surface area contributed by atoms with Gasteiger partial charge in [0.05, 0.1) is 48.6 Å². The first kappa shape index (κ1) is 37.8. The lowest BCUT2D eigenvalue weighted by molar-refractivity contribution is -0.134. The van der Waals surface area contributed by atoms with Crippen LogP contribution in [0.1, 0.15) is 77.6 Å². The molecule has 0 saturated heterocycles. The number of hydrogen-bond acceptors (Lipinski definition) is 11. The highest BCUT2D eigenvalue weighted by Crippen LogP contribution is 2.51. The Labute approximate surface area is 295 Å². The Morgan fingerprint density at radius 3 is 1.96 bits per heavy atom. The van der Waals surface area contributed by atoms with E-state index in [1.165, 1.54) is 4.90 Å². The minimum absolute atomic E-state index is 0.108. The molecule has 270 valence electrons. The molecule has 2 aromatic rings. The Morgan fingerprint density at radius 1 is 0.820 bits per heavy atom. The number of benzene rings is 2. The zero-order valence-electron chi connectivity index (χ0n) is 29.9. The van der Waals surface area contributed by atoms with E-state index >= 15 is 0 Å². The van der Waals surface area contributed by atoms with Gasteiger partial charge in [-0.05, 0) is 80.9 Å². The second-order valence-corrected chi connectivity index (χ2v) is 13.8. The van der Waals surface area contributed by atoms with Gasteiger partial charge < -0.3 is 23.8 Å². The third kappa shape index (κ3) is 8.07. The number of aliphatic imine (C=N–C) groups is 1. The number of ether oxygens (including phenoxy) is 4. The minimum atomic E-state index is -2.23. The molecule has 0 bridgehead atoms. The summed E-state index contributed by atoms with van der Waals surface area (Å²) in [6, 6.07) is 12.7. The summed E-state index contributed by atoms with van der Waals surface area (Å²) < 4.78 is 22.3. The fourth-order valence-electron chi connectivity index (χ4n) is 5.39. The van der Waals surface area contributed by atoms with Crippen LogP contribution in [0.2, 0.25) is 0 Å². The topological polar surface area (TPSA) is 160 Å². The first-order chi connectivity index (χ1) is 23.4. The number of rotatable bonds is 6. The molecule has 1 atom stereocenters. The van der Waals surface area contributed by atoms with Crippen LogP contribution in [-0.4, -0.2) is 74.3 Å². The Morgan fingerprint density at radius 2 is 1.38 bits per heavy atom. The Balaban J connectivity index is 1.94. The quantitative estimate of drug-likeness (QED) is 0.198. The van der Waals surface area contributed by atoms with Gasteiger partial charge in [0.2, 0.25) is 5.17 Å². The molecular formula is C34H44N6O9S. The van der Waals surface area contributed by atoms with Crippen LogP contribution >= 0.6 is 11.9 Å². The van der Waals surface area contributed by atoms with E-state index in [4.69, 9.17) is 23.9 Å². The summed E-state index contributed by atoms with van der Waals surface area (Å²) in [7, 11) is 0. The largest absolute Gasteiger partial charge is 0.446 e. The number of amides is 5. The highest BCUT2D eigenvalue weighted by atomic mass is 32.2. The van der Waals surface area contributed by atoms with Crippen LogP contribution in [0.4, 0.5) is 24.9 Å². The maximum Gasteiger partial charge on any atom is 0.440 e. The fourth-order valence-corrected chi connectivity index (χ4v) is 6.20. The third-order valence-electron chi connectivity index (χ3n) is 6.91. The third-order valence-corrected chi connectivity index (χ3v) is 7.76. The van der Waals surface area contributed by atoms with E-state index in [1.54, 1.807) is 79.7 Å². The number of fused-ring (bicyclic) bond motifs is 2. The maximum atomic E-state index is 14.9. The van der Waals surface area contributed by atoms with Crippen LogP contribution in [0.25, 0.3) is 0 Å². The lowest BCUT2D eigenvalue weighted by Crippen LogP contribution is -2.59. The van der Waals surface area contributed by atoms with Gasteiger partial charge >= 0.3 is 24.4 Å². The number of hydrazine groups is 2. The van der Waals surface area contributed by atoms with Gasteiger partial charge in [-0.1, -0.05) is 47.5 Å². The van der Waals surface area contributed by atoms with Crippen molar-refractivity contribution in [2.24, 2.45) is 4.99 Å². The molecule has 50 heavy (non-hydrogen) atoms. The summed E-state index contributed by atoms with van der Waals surface area (Å²) >= 11 is 0.410. The first-order valence-corrected chi connectivity index (χ1v) is 17.0. The number of nitrogens with one attached hydrogen (secondary N) is 1. The molecule has 0 aromatic heterocycles. The smallest absolute Gasteiger partial charge is 0.440 e. The van der Waals surface area contributed by atoms with Crippen molar-refractivity contribution in [1.29, 1.82) is 0 Å². The van der Waals surface area contributed by atoms with Gasteiger partial charge in [0, 0.05) is 5.56 Å². The van der Waals surface area contributed by atoms with Crippen LogP contribution in [0, 0.1) is 13.8 Å². The molecule has 2 heterocycles. The summed E-state index contributed by atoms with van der Waals surface area (Å²) in [5, 5.41) is 1.13. The van der Waals surface area contributed by atoms with Crippen molar-refractivity contribution in [3.8, 4) is 0 Å². The van der Waals surface area contributed by atoms with Gasteiger partial charge in [0.15, 0.2) is 0 Å². The molecule has 1 spiro atoms. The van der Waals surface area contributed by atoms with E-state index in [0.717, 1.165) is 26.7 Å². The standard InChI is InChI=1S/C34H44N6O9S/c1-19(2)46-30(42)36-40(33(45)49-22(7)8)50-29-35-34(39(32(44)48-21(5)6)38(29)31(43)47-20(3)4)26-13-11-12-14-27(26)37(28(34)41)18-25-16-23(9)15-24(10)17-25/h11-17,19-22H,18H2,1-10H3,(H,36,42).